The van der Waals surface area contributed by atoms with E-state index in [9.17, 15) is 14.0 Å². The summed E-state index contributed by atoms with van der Waals surface area (Å²) in [5, 5.41) is 13.8. The summed E-state index contributed by atoms with van der Waals surface area (Å²) in [5.74, 6) is -1.07. The monoisotopic (exact) mass is 384 g/mol. The minimum Gasteiger partial charge on any atom is -0.349 e. The zero-order valence-corrected chi connectivity index (χ0v) is 16.4. The van der Waals surface area contributed by atoms with Gasteiger partial charge in [-0.05, 0) is 69.4 Å². The van der Waals surface area contributed by atoms with Crippen molar-refractivity contribution >= 4 is 11.8 Å². The standard InChI is InChI=1S/C21H25FN4O2/c1-4-12(2)23-21(28)19-9-8-18(25-26-19)16-10-14(11-17(22)13(16)3)20(27)24-15-6-5-7-15/h8-12,15H,4-7H2,1-3H3,(H,23,28)(H,24,27). The van der Waals surface area contributed by atoms with Gasteiger partial charge in [0, 0.05) is 23.2 Å². The molecule has 3 rings (SSSR count). The largest absolute Gasteiger partial charge is 0.349 e. The van der Waals surface area contributed by atoms with Crippen LogP contribution in [-0.2, 0) is 0 Å². The highest BCUT2D eigenvalue weighted by Crippen LogP contribution is 2.26. The molecule has 1 aromatic carbocycles. The first-order valence-electron chi connectivity index (χ1n) is 9.65. The number of halogens is 1. The number of hydrogen-bond acceptors (Lipinski definition) is 4. The SMILES string of the molecule is CCC(C)NC(=O)c1ccc(-c2cc(C(=O)NC3CCC3)cc(F)c2C)nn1. The smallest absolute Gasteiger partial charge is 0.272 e. The lowest BCUT2D eigenvalue weighted by Gasteiger charge is -2.26. The molecule has 1 aromatic heterocycles. The summed E-state index contributed by atoms with van der Waals surface area (Å²) in [7, 11) is 0. The molecule has 0 saturated heterocycles. The molecule has 1 saturated carbocycles. The second-order valence-corrected chi connectivity index (χ2v) is 7.32. The van der Waals surface area contributed by atoms with Gasteiger partial charge in [-0.25, -0.2) is 4.39 Å². The lowest BCUT2D eigenvalue weighted by atomic mass is 9.92. The van der Waals surface area contributed by atoms with E-state index in [1.807, 2.05) is 13.8 Å². The summed E-state index contributed by atoms with van der Waals surface area (Å²) in [4.78, 5) is 24.5. The van der Waals surface area contributed by atoms with Gasteiger partial charge in [-0.2, -0.15) is 0 Å². The van der Waals surface area contributed by atoms with Crippen LogP contribution in [0, 0.1) is 12.7 Å². The lowest BCUT2D eigenvalue weighted by molar-refractivity contribution is 0.0913. The molecule has 7 heteroatoms. The van der Waals surface area contributed by atoms with Crippen LogP contribution in [0.3, 0.4) is 0 Å². The third kappa shape index (κ3) is 4.35. The predicted molar refractivity (Wildman–Crippen MR) is 104 cm³/mol. The van der Waals surface area contributed by atoms with Crippen LogP contribution in [-0.4, -0.2) is 34.1 Å². The van der Waals surface area contributed by atoms with Crippen molar-refractivity contribution in [1.29, 1.82) is 0 Å². The fraction of sp³-hybridized carbons (Fsp3) is 0.429. The molecule has 148 valence electrons. The Bertz CT molecular complexity index is 879. The Balaban J connectivity index is 1.83. The number of aromatic nitrogens is 2. The average molecular weight is 384 g/mol. The van der Waals surface area contributed by atoms with E-state index in [1.54, 1.807) is 25.1 Å². The summed E-state index contributed by atoms with van der Waals surface area (Å²) in [6.07, 6.45) is 3.83. The number of hydrogen-bond donors (Lipinski definition) is 2. The topological polar surface area (TPSA) is 84.0 Å². The summed E-state index contributed by atoms with van der Waals surface area (Å²) in [6, 6.07) is 6.25. The number of carbonyl (C=O) groups excluding carboxylic acids is 2. The second-order valence-electron chi connectivity index (χ2n) is 7.32. The zero-order chi connectivity index (χ0) is 20.3. The predicted octanol–water partition coefficient (Wildman–Crippen LogP) is 3.40. The molecule has 1 aliphatic rings. The number of nitrogens with zero attached hydrogens (tertiary/aromatic N) is 2. The van der Waals surface area contributed by atoms with Crippen LogP contribution in [0.5, 0.6) is 0 Å². The number of carbonyl (C=O) groups is 2. The van der Waals surface area contributed by atoms with Gasteiger partial charge in [0.1, 0.15) is 5.82 Å². The first-order valence-corrected chi connectivity index (χ1v) is 9.65. The minimum atomic E-state index is -0.475. The zero-order valence-electron chi connectivity index (χ0n) is 16.4. The maximum Gasteiger partial charge on any atom is 0.272 e. The summed E-state index contributed by atoms with van der Waals surface area (Å²) in [6.45, 7) is 5.51. The van der Waals surface area contributed by atoms with Crippen molar-refractivity contribution in [2.45, 2.75) is 58.5 Å². The Hall–Kier alpha value is -2.83. The molecule has 0 bridgehead atoms. The molecule has 6 nitrogen and oxygen atoms in total. The van der Waals surface area contributed by atoms with Gasteiger partial charge in [0.05, 0.1) is 5.69 Å². The van der Waals surface area contributed by atoms with Gasteiger partial charge >= 0.3 is 0 Å². The molecular formula is C21H25FN4O2. The Morgan fingerprint density at radius 3 is 2.54 bits per heavy atom. The molecule has 0 aliphatic heterocycles. The number of nitrogens with one attached hydrogen (secondary N) is 2. The molecule has 2 N–H and O–H groups in total. The average Bonchev–Trinajstić information content (AvgIpc) is 2.66. The first kappa shape index (κ1) is 19.9. The van der Waals surface area contributed by atoms with E-state index in [0.717, 1.165) is 25.7 Å². The van der Waals surface area contributed by atoms with Crippen molar-refractivity contribution in [3.05, 3.63) is 46.9 Å². The van der Waals surface area contributed by atoms with Crippen LogP contribution in [0.25, 0.3) is 11.3 Å². The molecule has 2 aromatic rings. The molecule has 1 heterocycles. The Labute approximate surface area is 163 Å². The van der Waals surface area contributed by atoms with Crippen molar-refractivity contribution in [3.8, 4) is 11.3 Å². The quantitative estimate of drug-likeness (QED) is 0.799. The van der Waals surface area contributed by atoms with Gasteiger partial charge < -0.3 is 10.6 Å². The first-order chi connectivity index (χ1) is 13.4. The highest BCUT2D eigenvalue weighted by molar-refractivity contribution is 5.96. The molecular weight excluding hydrogens is 359 g/mol. The van der Waals surface area contributed by atoms with Gasteiger partial charge in [0.15, 0.2) is 5.69 Å². The van der Waals surface area contributed by atoms with Crippen LogP contribution in [0.2, 0.25) is 0 Å². The van der Waals surface area contributed by atoms with Crippen molar-refractivity contribution in [1.82, 2.24) is 20.8 Å². The highest BCUT2D eigenvalue weighted by atomic mass is 19.1. The van der Waals surface area contributed by atoms with E-state index in [2.05, 4.69) is 20.8 Å². The van der Waals surface area contributed by atoms with Crippen molar-refractivity contribution in [2.75, 3.05) is 0 Å². The van der Waals surface area contributed by atoms with Crippen LogP contribution in [0.4, 0.5) is 4.39 Å². The molecule has 28 heavy (non-hydrogen) atoms. The van der Waals surface area contributed by atoms with Crippen LogP contribution < -0.4 is 10.6 Å². The van der Waals surface area contributed by atoms with E-state index in [4.69, 9.17) is 0 Å². The van der Waals surface area contributed by atoms with Crippen molar-refractivity contribution in [3.63, 3.8) is 0 Å². The summed E-state index contributed by atoms with van der Waals surface area (Å²) >= 11 is 0. The molecule has 2 amide bonds. The summed E-state index contributed by atoms with van der Waals surface area (Å²) < 4.78 is 14.4. The van der Waals surface area contributed by atoms with E-state index in [-0.39, 0.29) is 35.2 Å². The third-order valence-corrected chi connectivity index (χ3v) is 5.21. The van der Waals surface area contributed by atoms with Gasteiger partial charge in [0.25, 0.3) is 11.8 Å². The maximum absolute atomic E-state index is 14.4. The number of rotatable bonds is 6. The molecule has 1 aliphatic carbocycles. The van der Waals surface area contributed by atoms with Crippen LogP contribution in [0.1, 0.15) is 65.9 Å². The molecule has 1 atom stereocenters. The van der Waals surface area contributed by atoms with Gasteiger partial charge in [-0.3, -0.25) is 9.59 Å². The molecule has 0 radical (unpaired) electrons. The second kappa shape index (κ2) is 8.46. The Morgan fingerprint density at radius 1 is 1.21 bits per heavy atom. The van der Waals surface area contributed by atoms with E-state index in [0.29, 0.717) is 16.8 Å². The van der Waals surface area contributed by atoms with Crippen molar-refractivity contribution in [2.24, 2.45) is 0 Å². The number of benzene rings is 1. The van der Waals surface area contributed by atoms with Crippen LogP contribution in [0.15, 0.2) is 24.3 Å². The van der Waals surface area contributed by atoms with Crippen molar-refractivity contribution < 1.29 is 14.0 Å². The Morgan fingerprint density at radius 2 is 1.96 bits per heavy atom. The maximum atomic E-state index is 14.4. The van der Waals surface area contributed by atoms with Gasteiger partial charge in [-0.15, -0.1) is 10.2 Å². The lowest BCUT2D eigenvalue weighted by Crippen LogP contribution is -2.39. The van der Waals surface area contributed by atoms with E-state index in [1.165, 1.54) is 6.07 Å². The summed E-state index contributed by atoms with van der Waals surface area (Å²) in [5.41, 5.74) is 1.73. The molecule has 1 unspecified atom stereocenters. The van der Waals surface area contributed by atoms with Gasteiger partial charge in [0.2, 0.25) is 0 Å². The third-order valence-electron chi connectivity index (χ3n) is 5.21. The fourth-order valence-corrected chi connectivity index (χ4v) is 2.89. The van der Waals surface area contributed by atoms with Crippen LogP contribution >= 0.6 is 0 Å². The van der Waals surface area contributed by atoms with E-state index >= 15 is 0 Å². The molecule has 1 fully saturated rings. The normalized spacial score (nSPS) is 14.9. The molecule has 0 spiro atoms. The number of amides is 2. The van der Waals surface area contributed by atoms with E-state index < -0.39 is 5.82 Å². The fourth-order valence-electron chi connectivity index (χ4n) is 2.89. The highest BCUT2D eigenvalue weighted by Gasteiger charge is 2.22. The van der Waals surface area contributed by atoms with Gasteiger partial charge in [-0.1, -0.05) is 6.92 Å². The Kier molecular flexibility index (Phi) is 6.02. The minimum absolute atomic E-state index is 0.0381.